The third kappa shape index (κ3) is 3.70. The Kier molecular flexibility index (Phi) is 4.74. The summed E-state index contributed by atoms with van der Waals surface area (Å²) in [7, 11) is -3.28. The summed E-state index contributed by atoms with van der Waals surface area (Å²) >= 11 is 0. The number of ether oxygens (including phenoxy) is 1. The number of rotatable bonds is 5. The number of H-pyrrole nitrogens is 1. The first-order valence-corrected chi connectivity index (χ1v) is 8.88. The lowest BCUT2D eigenvalue weighted by Crippen LogP contribution is -2.24. The van der Waals surface area contributed by atoms with Crippen molar-refractivity contribution in [3.63, 3.8) is 0 Å². The van der Waals surface area contributed by atoms with Crippen LogP contribution in [0.25, 0.3) is 11.3 Å². The lowest BCUT2D eigenvalue weighted by molar-refractivity contribution is -0.144. The molecule has 1 aromatic heterocycles. The molecule has 0 unspecified atom stereocenters. The fourth-order valence-corrected chi connectivity index (χ4v) is 2.81. The first-order chi connectivity index (χ1) is 10.7. The van der Waals surface area contributed by atoms with Gasteiger partial charge in [-0.1, -0.05) is 12.1 Å². The van der Waals surface area contributed by atoms with E-state index in [-0.39, 0.29) is 23.6 Å². The summed E-state index contributed by atoms with van der Waals surface area (Å²) in [5.74, 6) is -0.505. The van der Waals surface area contributed by atoms with Gasteiger partial charge in [0.2, 0.25) is 0 Å². The van der Waals surface area contributed by atoms with Gasteiger partial charge in [-0.2, -0.15) is 0 Å². The molecule has 1 N–H and O–H groups in total. The molecule has 23 heavy (non-hydrogen) atoms. The molecular weight excluding hydrogens is 320 g/mol. The van der Waals surface area contributed by atoms with E-state index in [1.807, 2.05) is 0 Å². The number of benzene rings is 1. The number of aromatic amines is 1. The van der Waals surface area contributed by atoms with E-state index in [9.17, 15) is 18.0 Å². The van der Waals surface area contributed by atoms with Crippen LogP contribution >= 0.6 is 0 Å². The number of sulfone groups is 1. The number of nitrogens with one attached hydrogen (secondary N) is 1. The SMILES string of the molecule is CCOC(=O)Cn1[nH]c(-c2ccc(S(C)(=O)=O)cc2)c(C)c1=O. The Morgan fingerprint density at radius 3 is 2.39 bits per heavy atom. The molecule has 2 rings (SSSR count). The molecule has 0 radical (unpaired) electrons. The predicted octanol–water partition coefficient (Wildman–Crippen LogP) is 1.12. The number of esters is 1. The van der Waals surface area contributed by atoms with Gasteiger partial charge in [0, 0.05) is 11.8 Å². The van der Waals surface area contributed by atoms with E-state index in [4.69, 9.17) is 4.74 Å². The fourth-order valence-electron chi connectivity index (χ4n) is 2.18. The molecule has 1 aromatic carbocycles. The van der Waals surface area contributed by atoms with Crippen LogP contribution in [0.1, 0.15) is 12.5 Å². The molecule has 8 heteroatoms. The summed E-state index contributed by atoms with van der Waals surface area (Å²) in [5.41, 5.74) is 1.33. The van der Waals surface area contributed by atoms with Crippen LogP contribution in [0.2, 0.25) is 0 Å². The maximum atomic E-state index is 12.2. The molecular formula is C15H18N2O5S. The summed E-state index contributed by atoms with van der Waals surface area (Å²) in [5, 5.41) is 2.87. The fraction of sp³-hybridized carbons (Fsp3) is 0.333. The van der Waals surface area contributed by atoms with Crippen LogP contribution in [0, 0.1) is 6.92 Å². The van der Waals surface area contributed by atoms with Gasteiger partial charge in [0.25, 0.3) is 5.56 Å². The third-order valence-corrected chi connectivity index (χ3v) is 4.48. The van der Waals surface area contributed by atoms with Gasteiger partial charge >= 0.3 is 5.97 Å². The zero-order valence-electron chi connectivity index (χ0n) is 13.1. The van der Waals surface area contributed by atoms with Crippen molar-refractivity contribution in [2.75, 3.05) is 12.9 Å². The lowest BCUT2D eigenvalue weighted by Gasteiger charge is -2.03. The van der Waals surface area contributed by atoms with Crippen molar-refractivity contribution in [2.24, 2.45) is 0 Å². The molecule has 0 saturated heterocycles. The van der Waals surface area contributed by atoms with Crippen molar-refractivity contribution in [3.8, 4) is 11.3 Å². The van der Waals surface area contributed by atoms with E-state index >= 15 is 0 Å². The first-order valence-electron chi connectivity index (χ1n) is 6.99. The Bertz CT molecular complexity index is 876. The Morgan fingerprint density at radius 2 is 1.87 bits per heavy atom. The lowest BCUT2D eigenvalue weighted by atomic mass is 10.1. The molecule has 0 fully saturated rings. The van der Waals surface area contributed by atoms with Crippen LogP contribution in [0.5, 0.6) is 0 Å². The molecule has 0 bridgehead atoms. The van der Waals surface area contributed by atoms with Crippen LogP contribution in [0.3, 0.4) is 0 Å². The minimum Gasteiger partial charge on any atom is -0.465 e. The average molecular weight is 338 g/mol. The number of nitrogens with zero attached hydrogens (tertiary/aromatic N) is 1. The summed E-state index contributed by atoms with van der Waals surface area (Å²) in [6, 6.07) is 6.18. The topological polar surface area (TPSA) is 98.2 Å². The van der Waals surface area contributed by atoms with E-state index in [2.05, 4.69) is 5.10 Å². The summed E-state index contributed by atoms with van der Waals surface area (Å²) in [6.45, 7) is 3.37. The second-order valence-corrected chi connectivity index (χ2v) is 7.12. The van der Waals surface area contributed by atoms with Gasteiger partial charge in [-0.3, -0.25) is 14.7 Å². The molecule has 2 aromatic rings. The van der Waals surface area contributed by atoms with Crippen molar-refractivity contribution in [2.45, 2.75) is 25.3 Å². The zero-order valence-corrected chi connectivity index (χ0v) is 13.9. The summed E-state index contributed by atoms with van der Waals surface area (Å²) in [4.78, 5) is 23.9. The maximum Gasteiger partial charge on any atom is 0.327 e. The van der Waals surface area contributed by atoms with Gasteiger partial charge in [0.1, 0.15) is 6.54 Å². The smallest absolute Gasteiger partial charge is 0.327 e. The Morgan fingerprint density at radius 1 is 1.26 bits per heavy atom. The molecule has 0 spiro atoms. The van der Waals surface area contributed by atoms with Crippen molar-refractivity contribution in [1.29, 1.82) is 0 Å². The van der Waals surface area contributed by atoms with E-state index < -0.39 is 15.8 Å². The van der Waals surface area contributed by atoms with Crippen molar-refractivity contribution < 1.29 is 17.9 Å². The highest BCUT2D eigenvalue weighted by Crippen LogP contribution is 2.21. The van der Waals surface area contributed by atoms with Gasteiger partial charge in [0.05, 0.1) is 17.2 Å². The van der Waals surface area contributed by atoms with Crippen molar-refractivity contribution >= 4 is 15.8 Å². The van der Waals surface area contributed by atoms with E-state index in [1.165, 1.54) is 16.8 Å². The molecule has 0 amide bonds. The third-order valence-electron chi connectivity index (χ3n) is 3.35. The number of carbonyl (C=O) groups excluding carboxylic acids is 1. The van der Waals surface area contributed by atoms with Gasteiger partial charge in [-0.15, -0.1) is 0 Å². The maximum absolute atomic E-state index is 12.2. The second-order valence-electron chi connectivity index (χ2n) is 5.10. The Hall–Kier alpha value is -2.35. The number of aromatic nitrogens is 2. The molecule has 1 heterocycles. The van der Waals surface area contributed by atoms with Crippen LogP contribution in [0.4, 0.5) is 0 Å². The largest absolute Gasteiger partial charge is 0.465 e. The molecule has 0 saturated carbocycles. The molecule has 0 aliphatic carbocycles. The van der Waals surface area contributed by atoms with Crippen LogP contribution in [-0.2, 0) is 25.9 Å². The molecule has 0 aliphatic rings. The molecule has 0 atom stereocenters. The van der Waals surface area contributed by atoms with E-state index in [1.54, 1.807) is 26.0 Å². The average Bonchev–Trinajstić information content (AvgIpc) is 2.75. The molecule has 0 aliphatic heterocycles. The van der Waals surface area contributed by atoms with E-state index in [0.717, 1.165) is 6.26 Å². The number of hydrogen-bond donors (Lipinski definition) is 1. The molecule has 7 nitrogen and oxygen atoms in total. The quantitative estimate of drug-likeness (QED) is 0.824. The monoisotopic (exact) mass is 338 g/mol. The predicted molar refractivity (Wildman–Crippen MR) is 85.0 cm³/mol. The zero-order chi connectivity index (χ0) is 17.2. The molecule has 124 valence electrons. The van der Waals surface area contributed by atoms with Gasteiger partial charge in [0.15, 0.2) is 9.84 Å². The van der Waals surface area contributed by atoms with Gasteiger partial charge in [-0.25, -0.2) is 13.1 Å². The summed E-state index contributed by atoms with van der Waals surface area (Å²) in [6.07, 6.45) is 1.13. The highest BCUT2D eigenvalue weighted by atomic mass is 32.2. The number of hydrogen-bond acceptors (Lipinski definition) is 5. The van der Waals surface area contributed by atoms with Crippen LogP contribution < -0.4 is 5.56 Å². The standard InChI is InChI=1S/C15H18N2O5S/c1-4-22-13(18)9-17-15(19)10(2)14(16-17)11-5-7-12(8-6-11)23(3,20)21/h5-8,16H,4,9H2,1-3H3. The van der Waals surface area contributed by atoms with Crippen LogP contribution in [0.15, 0.2) is 34.0 Å². The highest BCUT2D eigenvalue weighted by Gasteiger charge is 2.15. The number of carbonyl (C=O) groups is 1. The minimum absolute atomic E-state index is 0.199. The summed E-state index contributed by atoms with van der Waals surface area (Å²) < 4.78 is 28.9. The first kappa shape index (κ1) is 17.0. The highest BCUT2D eigenvalue weighted by molar-refractivity contribution is 7.90. The van der Waals surface area contributed by atoms with Gasteiger partial charge < -0.3 is 4.74 Å². The van der Waals surface area contributed by atoms with Crippen molar-refractivity contribution in [1.82, 2.24) is 9.78 Å². The van der Waals surface area contributed by atoms with Gasteiger partial charge in [-0.05, 0) is 31.5 Å². The Labute approximate surface area is 133 Å². The minimum atomic E-state index is -3.28. The normalized spacial score (nSPS) is 11.4. The van der Waals surface area contributed by atoms with E-state index in [0.29, 0.717) is 16.8 Å². The van der Waals surface area contributed by atoms with Crippen molar-refractivity contribution in [3.05, 3.63) is 40.2 Å². The second kappa shape index (κ2) is 6.41. The van der Waals surface area contributed by atoms with Crippen LogP contribution in [-0.4, -0.2) is 37.0 Å². The Balaban J connectivity index is 2.37.